The number of aryl methyl sites for hydroxylation is 1. The maximum absolute atomic E-state index is 13.0. The van der Waals surface area contributed by atoms with Crippen molar-refractivity contribution < 1.29 is 19.0 Å². The fourth-order valence-corrected chi connectivity index (χ4v) is 3.25. The highest BCUT2D eigenvalue weighted by Gasteiger charge is 2.33. The zero-order valence-corrected chi connectivity index (χ0v) is 16.3. The molecule has 1 aliphatic heterocycles. The Balaban J connectivity index is 2.03. The summed E-state index contributed by atoms with van der Waals surface area (Å²) < 4.78 is 16.2. The minimum absolute atomic E-state index is 0.230. The average molecular weight is 384 g/mol. The number of carbonyl (C=O) groups excluding carboxylic acids is 1. The van der Waals surface area contributed by atoms with Gasteiger partial charge in [0.05, 0.1) is 27.0 Å². The lowest BCUT2D eigenvalue weighted by Gasteiger charge is -2.16. The lowest BCUT2D eigenvalue weighted by molar-refractivity contribution is -0.113. The zero-order chi connectivity index (χ0) is 19.6. The quantitative estimate of drug-likeness (QED) is 0.631. The van der Waals surface area contributed by atoms with Gasteiger partial charge in [-0.2, -0.15) is 0 Å². The average Bonchev–Trinajstić information content (AvgIpc) is 2.95. The Labute approximate surface area is 163 Å². The van der Waals surface area contributed by atoms with E-state index in [9.17, 15) is 4.79 Å². The third-order valence-corrected chi connectivity index (χ3v) is 4.55. The topological polar surface area (TPSA) is 60.0 Å². The molecule has 0 saturated carbocycles. The van der Waals surface area contributed by atoms with E-state index in [-0.39, 0.29) is 5.91 Å². The van der Waals surface area contributed by atoms with E-state index in [0.29, 0.717) is 33.6 Å². The molecule has 1 amide bonds. The molecule has 2 aromatic carbocycles. The van der Waals surface area contributed by atoms with Crippen molar-refractivity contribution >= 4 is 35.0 Å². The Hall–Kier alpha value is -3.06. The first-order valence-corrected chi connectivity index (χ1v) is 8.64. The van der Waals surface area contributed by atoms with E-state index in [4.69, 9.17) is 26.4 Å². The van der Waals surface area contributed by atoms with Gasteiger partial charge >= 0.3 is 0 Å². The third kappa shape index (κ3) is 3.33. The number of hydrogen-bond donors (Lipinski definition) is 1. The molecule has 0 atom stereocenters. The molecule has 0 unspecified atom stereocenters. The van der Waals surface area contributed by atoms with Crippen molar-refractivity contribution in [3.05, 3.63) is 53.2 Å². The van der Waals surface area contributed by atoms with Gasteiger partial charge in [0.1, 0.15) is 5.70 Å². The fourth-order valence-electron chi connectivity index (χ4n) is 2.96. The van der Waals surface area contributed by atoms with Crippen LogP contribution in [0.5, 0.6) is 17.2 Å². The van der Waals surface area contributed by atoms with E-state index >= 15 is 0 Å². The van der Waals surface area contributed by atoms with Crippen molar-refractivity contribution in [1.82, 2.24) is 5.32 Å². The molecule has 3 rings (SSSR count). The second-order valence-corrected chi connectivity index (χ2v) is 6.23. The van der Waals surface area contributed by atoms with Crippen LogP contribution in [-0.2, 0) is 4.79 Å². The zero-order valence-electron chi connectivity index (χ0n) is 15.5. The van der Waals surface area contributed by atoms with Gasteiger partial charge in [-0.15, -0.1) is 0 Å². The Morgan fingerprint density at radius 2 is 1.70 bits per heavy atom. The highest BCUT2D eigenvalue weighted by Crippen LogP contribution is 2.40. The van der Waals surface area contributed by atoms with E-state index in [0.717, 1.165) is 11.3 Å². The first-order chi connectivity index (χ1) is 13.0. The van der Waals surface area contributed by atoms with Gasteiger partial charge in [0.15, 0.2) is 16.6 Å². The molecule has 1 fully saturated rings. The number of ether oxygens (including phenoxy) is 3. The standard InChI is InChI=1S/C20H20N2O4S/c1-12-7-5-6-8-15(12)22-19(23)14(21-20(22)27)11-13-9-10-16(24-2)18(26-4)17(13)25-3/h5-11H,1-4H3,(H,21,27)/b14-11+. The van der Waals surface area contributed by atoms with Crippen molar-refractivity contribution in [3.63, 3.8) is 0 Å². The van der Waals surface area contributed by atoms with Crippen molar-refractivity contribution in [3.8, 4) is 17.2 Å². The number of hydrogen-bond acceptors (Lipinski definition) is 5. The molecule has 0 aromatic heterocycles. The Morgan fingerprint density at radius 1 is 1.00 bits per heavy atom. The number of nitrogens with zero attached hydrogens (tertiary/aromatic N) is 1. The number of thiocarbonyl (C=S) groups is 1. The molecule has 1 aliphatic rings. The van der Waals surface area contributed by atoms with E-state index < -0.39 is 0 Å². The fraction of sp³-hybridized carbons (Fsp3) is 0.200. The minimum atomic E-state index is -0.230. The summed E-state index contributed by atoms with van der Waals surface area (Å²) in [5.74, 6) is 1.24. The first kappa shape index (κ1) is 18.7. The third-order valence-electron chi connectivity index (χ3n) is 4.27. The van der Waals surface area contributed by atoms with Crippen molar-refractivity contribution in [2.75, 3.05) is 26.2 Å². The predicted molar refractivity (Wildman–Crippen MR) is 108 cm³/mol. The van der Waals surface area contributed by atoms with Crippen molar-refractivity contribution in [1.29, 1.82) is 0 Å². The van der Waals surface area contributed by atoms with Crippen LogP contribution in [0.1, 0.15) is 11.1 Å². The van der Waals surface area contributed by atoms with E-state index in [2.05, 4.69) is 5.32 Å². The predicted octanol–water partition coefficient (Wildman–Crippen LogP) is 3.28. The number of amides is 1. The summed E-state index contributed by atoms with van der Waals surface area (Å²) in [6.07, 6.45) is 1.69. The number of methoxy groups -OCH3 is 3. The lowest BCUT2D eigenvalue weighted by atomic mass is 10.1. The number of anilines is 1. The summed E-state index contributed by atoms with van der Waals surface area (Å²) in [6, 6.07) is 11.1. The summed E-state index contributed by atoms with van der Waals surface area (Å²) in [4.78, 5) is 14.5. The van der Waals surface area contributed by atoms with Gasteiger partial charge in [0.25, 0.3) is 5.91 Å². The Kier molecular flexibility index (Phi) is 5.32. The smallest absolute Gasteiger partial charge is 0.281 e. The summed E-state index contributed by atoms with van der Waals surface area (Å²) in [5, 5.41) is 3.32. The number of para-hydroxylation sites is 1. The number of benzene rings is 2. The number of nitrogens with one attached hydrogen (secondary N) is 1. The van der Waals surface area contributed by atoms with E-state index in [1.54, 1.807) is 25.3 Å². The van der Waals surface area contributed by atoms with Gasteiger partial charge in [-0.1, -0.05) is 18.2 Å². The van der Waals surface area contributed by atoms with Gasteiger partial charge in [0.2, 0.25) is 5.75 Å². The van der Waals surface area contributed by atoms with Crippen LogP contribution < -0.4 is 24.4 Å². The van der Waals surface area contributed by atoms with Gasteiger partial charge < -0.3 is 19.5 Å². The monoisotopic (exact) mass is 384 g/mol. The van der Waals surface area contributed by atoms with Crippen LogP contribution in [0.25, 0.3) is 6.08 Å². The van der Waals surface area contributed by atoms with Crippen LogP contribution in [0.4, 0.5) is 5.69 Å². The van der Waals surface area contributed by atoms with Crippen LogP contribution in [0, 0.1) is 6.92 Å². The van der Waals surface area contributed by atoms with Crippen LogP contribution >= 0.6 is 12.2 Å². The Bertz CT molecular complexity index is 940. The van der Waals surface area contributed by atoms with Crippen molar-refractivity contribution in [2.24, 2.45) is 0 Å². The second kappa shape index (κ2) is 7.67. The highest BCUT2D eigenvalue weighted by atomic mass is 32.1. The van der Waals surface area contributed by atoms with Crippen LogP contribution in [0.2, 0.25) is 0 Å². The molecule has 1 heterocycles. The molecule has 0 spiro atoms. The van der Waals surface area contributed by atoms with Gasteiger partial charge in [0, 0.05) is 5.56 Å². The first-order valence-electron chi connectivity index (χ1n) is 8.23. The van der Waals surface area contributed by atoms with E-state index in [1.165, 1.54) is 19.1 Å². The summed E-state index contributed by atoms with van der Waals surface area (Å²) >= 11 is 5.38. The normalized spacial score (nSPS) is 15.1. The lowest BCUT2D eigenvalue weighted by Crippen LogP contribution is -2.30. The van der Waals surface area contributed by atoms with Gasteiger partial charge in [-0.25, -0.2) is 0 Å². The molecule has 7 heteroatoms. The van der Waals surface area contributed by atoms with E-state index in [1.807, 2.05) is 31.2 Å². The van der Waals surface area contributed by atoms with Crippen molar-refractivity contribution in [2.45, 2.75) is 6.92 Å². The molecule has 0 bridgehead atoms. The number of carbonyl (C=O) groups is 1. The minimum Gasteiger partial charge on any atom is -0.493 e. The van der Waals surface area contributed by atoms with Crippen LogP contribution in [0.3, 0.4) is 0 Å². The SMILES string of the molecule is COc1ccc(/C=C2/NC(=S)N(c3ccccc3C)C2=O)c(OC)c1OC. The second-order valence-electron chi connectivity index (χ2n) is 5.84. The largest absolute Gasteiger partial charge is 0.493 e. The van der Waals surface area contributed by atoms with Crippen LogP contribution in [-0.4, -0.2) is 32.3 Å². The molecular formula is C20H20N2O4S. The van der Waals surface area contributed by atoms with Gasteiger partial charge in [-0.05, 0) is 49.0 Å². The molecule has 2 aromatic rings. The van der Waals surface area contributed by atoms with Crippen LogP contribution in [0.15, 0.2) is 42.1 Å². The Morgan fingerprint density at radius 3 is 2.33 bits per heavy atom. The molecule has 1 saturated heterocycles. The molecule has 6 nitrogen and oxygen atoms in total. The molecule has 0 radical (unpaired) electrons. The maximum Gasteiger partial charge on any atom is 0.281 e. The molecule has 0 aliphatic carbocycles. The van der Waals surface area contributed by atoms with Gasteiger partial charge in [-0.3, -0.25) is 9.69 Å². The molecule has 140 valence electrons. The summed E-state index contributed by atoms with van der Waals surface area (Å²) in [7, 11) is 4.62. The summed E-state index contributed by atoms with van der Waals surface area (Å²) in [5.41, 5.74) is 2.73. The highest BCUT2D eigenvalue weighted by molar-refractivity contribution is 7.80. The molecule has 1 N–H and O–H groups in total. The molecular weight excluding hydrogens is 364 g/mol. The summed E-state index contributed by atoms with van der Waals surface area (Å²) in [6.45, 7) is 1.93. The molecule has 27 heavy (non-hydrogen) atoms. The maximum atomic E-state index is 13.0. The number of rotatable bonds is 5.